The number of thiazole rings is 1. The van der Waals surface area contributed by atoms with Crippen molar-refractivity contribution in [2.75, 3.05) is 0 Å². The van der Waals surface area contributed by atoms with E-state index < -0.39 is 0 Å². The molecule has 0 atom stereocenters. The van der Waals surface area contributed by atoms with Crippen LogP contribution in [0, 0.1) is 0 Å². The normalized spacial score (nSPS) is 13.9. The van der Waals surface area contributed by atoms with Gasteiger partial charge < -0.3 is 4.74 Å². The van der Waals surface area contributed by atoms with Crippen LogP contribution >= 0.6 is 34.7 Å². The van der Waals surface area contributed by atoms with Crippen molar-refractivity contribution < 1.29 is 4.74 Å². The van der Waals surface area contributed by atoms with Gasteiger partial charge in [-0.3, -0.25) is 4.57 Å². The van der Waals surface area contributed by atoms with E-state index in [9.17, 15) is 0 Å². The summed E-state index contributed by atoms with van der Waals surface area (Å²) in [6.45, 7) is 4.55. The number of benzene rings is 2. The van der Waals surface area contributed by atoms with Gasteiger partial charge in [0.05, 0.1) is 16.8 Å². The Balaban J connectivity index is 1.29. The standard InChI is InChI=1S/C26H25ClN4OS2/c1-2-15-31-24(18-11-13-21(14-12-18)32-20-7-3-4-8-20)29-30-26(31)34-17-19-16-33-25(28-19)22-9-5-6-10-23(22)27/h2,5-6,9-14,16,20H,1,3-4,7-8,15,17H2. The quantitative estimate of drug-likeness (QED) is 0.173. The summed E-state index contributed by atoms with van der Waals surface area (Å²) in [5, 5.41) is 13.5. The van der Waals surface area contributed by atoms with Crippen molar-refractivity contribution in [3.05, 3.63) is 77.3 Å². The molecule has 1 aliphatic carbocycles. The van der Waals surface area contributed by atoms with Gasteiger partial charge in [-0.2, -0.15) is 0 Å². The molecular formula is C26H25ClN4OS2. The van der Waals surface area contributed by atoms with E-state index in [4.69, 9.17) is 21.3 Å². The average molecular weight is 509 g/mol. The summed E-state index contributed by atoms with van der Waals surface area (Å²) in [4.78, 5) is 4.77. The third kappa shape index (κ3) is 5.22. The van der Waals surface area contributed by atoms with Crippen LogP contribution in [0.15, 0.2) is 71.7 Å². The Morgan fingerprint density at radius 2 is 1.91 bits per heavy atom. The largest absolute Gasteiger partial charge is 0.490 e. The fraction of sp³-hybridized carbons (Fsp3) is 0.269. The van der Waals surface area contributed by atoms with E-state index in [1.54, 1.807) is 23.1 Å². The molecule has 0 saturated heterocycles. The lowest BCUT2D eigenvalue weighted by Crippen LogP contribution is -2.10. The molecule has 0 unspecified atom stereocenters. The monoisotopic (exact) mass is 508 g/mol. The number of aromatic nitrogens is 4. The number of nitrogens with zero attached hydrogens (tertiary/aromatic N) is 4. The maximum Gasteiger partial charge on any atom is 0.192 e. The third-order valence-electron chi connectivity index (χ3n) is 5.75. The van der Waals surface area contributed by atoms with Crippen molar-refractivity contribution in [2.24, 2.45) is 0 Å². The predicted octanol–water partition coefficient (Wildman–Crippen LogP) is 7.52. The molecule has 1 aliphatic rings. The van der Waals surface area contributed by atoms with Crippen molar-refractivity contribution in [1.82, 2.24) is 19.7 Å². The Kier molecular flexibility index (Phi) is 7.33. The van der Waals surface area contributed by atoms with Crippen LogP contribution in [0.5, 0.6) is 5.75 Å². The minimum Gasteiger partial charge on any atom is -0.490 e. The Hall–Kier alpha value is -2.61. The number of rotatable bonds is 9. The maximum absolute atomic E-state index is 6.33. The molecule has 0 bridgehead atoms. The van der Waals surface area contributed by atoms with Gasteiger partial charge in [-0.05, 0) is 56.0 Å². The number of thioether (sulfide) groups is 1. The first-order valence-electron chi connectivity index (χ1n) is 11.3. The van der Waals surface area contributed by atoms with E-state index in [1.807, 2.05) is 42.5 Å². The van der Waals surface area contributed by atoms with Crippen molar-refractivity contribution in [2.45, 2.75) is 49.2 Å². The third-order valence-corrected chi connectivity index (χ3v) is 8.01. The first-order chi connectivity index (χ1) is 16.7. The molecule has 0 spiro atoms. The zero-order chi connectivity index (χ0) is 23.3. The lowest BCUT2D eigenvalue weighted by Gasteiger charge is -2.13. The van der Waals surface area contributed by atoms with Gasteiger partial charge >= 0.3 is 0 Å². The van der Waals surface area contributed by atoms with Crippen molar-refractivity contribution in [3.63, 3.8) is 0 Å². The van der Waals surface area contributed by atoms with Gasteiger partial charge in [0.2, 0.25) is 0 Å². The highest BCUT2D eigenvalue weighted by atomic mass is 35.5. The molecule has 8 heteroatoms. The van der Waals surface area contributed by atoms with Crippen LogP contribution in [0.2, 0.25) is 5.02 Å². The molecular weight excluding hydrogens is 484 g/mol. The molecule has 0 N–H and O–H groups in total. The number of halogens is 1. The SMILES string of the molecule is C=CCn1c(SCc2csc(-c3ccccc3Cl)n2)nnc1-c1ccc(OC2CCCC2)cc1. The van der Waals surface area contributed by atoms with Crippen molar-refractivity contribution in [3.8, 4) is 27.7 Å². The van der Waals surface area contributed by atoms with Gasteiger partial charge in [-0.25, -0.2) is 4.98 Å². The summed E-state index contributed by atoms with van der Waals surface area (Å²) in [6, 6.07) is 15.9. The molecule has 1 fully saturated rings. The number of hydrogen-bond acceptors (Lipinski definition) is 6. The second-order valence-corrected chi connectivity index (χ2v) is 10.4. The zero-order valence-corrected chi connectivity index (χ0v) is 21.1. The maximum atomic E-state index is 6.33. The Bertz CT molecular complexity index is 1260. The molecule has 4 aromatic rings. The van der Waals surface area contributed by atoms with Gasteiger partial charge in [0.15, 0.2) is 11.0 Å². The number of ether oxygens (including phenoxy) is 1. The molecule has 1 saturated carbocycles. The van der Waals surface area contributed by atoms with Gasteiger partial charge in [0.25, 0.3) is 0 Å². The summed E-state index contributed by atoms with van der Waals surface area (Å²) in [5.41, 5.74) is 2.96. The fourth-order valence-electron chi connectivity index (χ4n) is 4.05. The van der Waals surface area contributed by atoms with Crippen LogP contribution in [0.25, 0.3) is 22.0 Å². The van der Waals surface area contributed by atoms with Crippen molar-refractivity contribution >= 4 is 34.7 Å². The first kappa shape index (κ1) is 23.1. The molecule has 5 rings (SSSR count). The fourth-order valence-corrected chi connectivity index (χ4v) is 6.14. The minimum absolute atomic E-state index is 0.349. The summed E-state index contributed by atoms with van der Waals surface area (Å²) < 4.78 is 8.19. The molecule has 5 nitrogen and oxygen atoms in total. The van der Waals surface area contributed by atoms with E-state index in [0.717, 1.165) is 51.4 Å². The van der Waals surface area contributed by atoms with Gasteiger partial charge in [0, 0.05) is 28.8 Å². The van der Waals surface area contributed by atoms with E-state index in [2.05, 4.69) is 38.9 Å². The van der Waals surface area contributed by atoms with Gasteiger partial charge in [0.1, 0.15) is 10.8 Å². The molecule has 174 valence electrons. The molecule has 34 heavy (non-hydrogen) atoms. The summed E-state index contributed by atoms with van der Waals surface area (Å²) in [6.07, 6.45) is 7.03. The Labute approximate surface area is 212 Å². The summed E-state index contributed by atoms with van der Waals surface area (Å²) in [5.74, 6) is 2.44. The van der Waals surface area contributed by atoms with E-state index in [1.165, 1.54) is 12.8 Å². The lowest BCUT2D eigenvalue weighted by molar-refractivity contribution is 0.210. The predicted molar refractivity (Wildman–Crippen MR) is 141 cm³/mol. The second kappa shape index (κ2) is 10.8. The smallest absolute Gasteiger partial charge is 0.192 e. The molecule has 0 amide bonds. The van der Waals surface area contributed by atoms with Gasteiger partial charge in [-0.15, -0.1) is 28.1 Å². The number of allylic oxidation sites excluding steroid dienone is 1. The van der Waals surface area contributed by atoms with E-state index in [-0.39, 0.29) is 0 Å². The molecule has 2 aromatic heterocycles. The second-order valence-electron chi connectivity index (χ2n) is 8.17. The first-order valence-corrected chi connectivity index (χ1v) is 13.6. The molecule has 2 heterocycles. The van der Waals surface area contributed by atoms with Crippen LogP contribution in [-0.2, 0) is 12.3 Å². The molecule has 2 aromatic carbocycles. The van der Waals surface area contributed by atoms with Crippen LogP contribution in [-0.4, -0.2) is 25.9 Å². The van der Waals surface area contributed by atoms with Crippen molar-refractivity contribution in [1.29, 1.82) is 0 Å². The van der Waals surface area contributed by atoms with Crippen LogP contribution in [0.4, 0.5) is 0 Å². The lowest BCUT2D eigenvalue weighted by atomic mass is 10.2. The summed E-state index contributed by atoms with van der Waals surface area (Å²) in [7, 11) is 0. The Morgan fingerprint density at radius 1 is 1.12 bits per heavy atom. The average Bonchev–Trinajstić information content (AvgIpc) is 3.61. The number of hydrogen-bond donors (Lipinski definition) is 0. The van der Waals surface area contributed by atoms with E-state index in [0.29, 0.717) is 23.4 Å². The van der Waals surface area contributed by atoms with Crippen LogP contribution in [0.3, 0.4) is 0 Å². The molecule has 0 aliphatic heterocycles. The Morgan fingerprint density at radius 3 is 2.68 bits per heavy atom. The molecule has 0 radical (unpaired) electrons. The van der Waals surface area contributed by atoms with E-state index >= 15 is 0 Å². The van der Waals surface area contributed by atoms with Crippen LogP contribution in [0.1, 0.15) is 31.4 Å². The highest BCUT2D eigenvalue weighted by molar-refractivity contribution is 7.98. The highest BCUT2D eigenvalue weighted by Crippen LogP contribution is 2.33. The van der Waals surface area contributed by atoms with Gasteiger partial charge in [-0.1, -0.05) is 47.6 Å². The highest BCUT2D eigenvalue weighted by Gasteiger charge is 2.18. The topological polar surface area (TPSA) is 52.8 Å². The zero-order valence-electron chi connectivity index (χ0n) is 18.7. The summed E-state index contributed by atoms with van der Waals surface area (Å²) >= 11 is 9.55. The van der Waals surface area contributed by atoms with Crippen LogP contribution < -0.4 is 4.74 Å². The minimum atomic E-state index is 0.349.